The molecule has 0 aliphatic rings. The van der Waals surface area contributed by atoms with Crippen molar-refractivity contribution in [3.05, 3.63) is 12.2 Å². The molecule has 0 saturated heterocycles. The molecule has 116 valence electrons. The number of allylic oxidation sites excluding steroid dienone is 1. The van der Waals surface area contributed by atoms with Crippen molar-refractivity contribution >= 4 is 8.07 Å². The fraction of sp³-hybridized carbons (Fsp3) is 0.778. The molecule has 0 aromatic heterocycles. The highest BCUT2D eigenvalue weighted by Gasteiger charge is 2.41. The maximum absolute atomic E-state index is 9.83. The average molecular weight is 295 g/mol. The molecule has 0 aliphatic heterocycles. The summed E-state index contributed by atoms with van der Waals surface area (Å²) in [7, 11) is -1.58. The van der Waals surface area contributed by atoms with E-state index in [9.17, 15) is 5.11 Å². The van der Waals surface area contributed by atoms with Crippen molar-refractivity contribution < 1.29 is 5.11 Å². The van der Waals surface area contributed by atoms with E-state index in [2.05, 4.69) is 53.0 Å². The molecule has 0 bridgehead atoms. The molecule has 1 N–H and O–H groups in total. The molecule has 0 amide bonds. The van der Waals surface area contributed by atoms with Crippen LogP contribution in [-0.2, 0) is 0 Å². The van der Waals surface area contributed by atoms with Crippen LogP contribution in [0.5, 0.6) is 0 Å². The van der Waals surface area contributed by atoms with Gasteiger partial charge in [0.15, 0.2) is 0 Å². The van der Waals surface area contributed by atoms with Crippen molar-refractivity contribution in [1.29, 1.82) is 0 Å². The topological polar surface area (TPSA) is 20.2 Å². The first kappa shape index (κ1) is 19.5. The van der Waals surface area contributed by atoms with Crippen molar-refractivity contribution in [2.75, 3.05) is 0 Å². The van der Waals surface area contributed by atoms with E-state index >= 15 is 0 Å². The van der Waals surface area contributed by atoms with Gasteiger partial charge >= 0.3 is 0 Å². The van der Waals surface area contributed by atoms with Gasteiger partial charge in [-0.2, -0.15) is 0 Å². The minimum absolute atomic E-state index is 0.242. The van der Waals surface area contributed by atoms with Crippen LogP contribution >= 0.6 is 0 Å². The van der Waals surface area contributed by atoms with E-state index < -0.39 is 8.07 Å². The largest absolute Gasteiger partial charge is 0.393 e. The van der Waals surface area contributed by atoms with Crippen molar-refractivity contribution in [2.45, 2.75) is 90.5 Å². The lowest BCUT2D eigenvalue weighted by atomic mass is 10.1. The molecule has 0 aromatic carbocycles. The minimum Gasteiger partial charge on any atom is -0.393 e. The maximum atomic E-state index is 9.83. The molecule has 0 aliphatic carbocycles. The van der Waals surface area contributed by atoms with Crippen LogP contribution in [0, 0.1) is 11.5 Å². The monoisotopic (exact) mass is 294 g/mol. The van der Waals surface area contributed by atoms with E-state index in [1.165, 1.54) is 0 Å². The van der Waals surface area contributed by atoms with Crippen molar-refractivity contribution in [1.82, 2.24) is 0 Å². The van der Waals surface area contributed by atoms with Gasteiger partial charge in [0.05, 0.1) is 6.10 Å². The Labute approximate surface area is 127 Å². The van der Waals surface area contributed by atoms with Gasteiger partial charge in [-0.15, -0.1) is 11.5 Å². The van der Waals surface area contributed by atoms with Gasteiger partial charge in [-0.3, -0.25) is 0 Å². The number of rotatable bonds is 7. The average Bonchev–Trinajstić information content (AvgIpc) is 2.34. The van der Waals surface area contributed by atoms with Crippen LogP contribution < -0.4 is 0 Å². The molecule has 0 rings (SSSR count). The van der Waals surface area contributed by atoms with Gasteiger partial charge in [0.2, 0.25) is 0 Å². The molecule has 0 heterocycles. The summed E-state index contributed by atoms with van der Waals surface area (Å²) >= 11 is 0. The smallest absolute Gasteiger partial charge is 0.145 e. The predicted molar refractivity (Wildman–Crippen MR) is 93.5 cm³/mol. The maximum Gasteiger partial charge on any atom is 0.145 e. The van der Waals surface area contributed by atoms with E-state index in [0.717, 1.165) is 19.3 Å². The summed E-state index contributed by atoms with van der Waals surface area (Å²) in [5.74, 6) is 3.41. The molecule has 0 saturated carbocycles. The number of aliphatic hydroxyl groups is 1. The zero-order valence-corrected chi connectivity index (χ0v) is 15.5. The molecule has 2 heteroatoms. The van der Waals surface area contributed by atoms with Crippen molar-refractivity contribution in [3.63, 3.8) is 0 Å². The fourth-order valence-electron chi connectivity index (χ4n) is 3.30. The van der Waals surface area contributed by atoms with Gasteiger partial charge in [0.25, 0.3) is 0 Å². The second-order valence-corrected chi connectivity index (χ2v) is 12.3. The number of aliphatic hydroxyl groups excluding tert-OH is 1. The Morgan fingerprint density at radius 2 is 1.50 bits per heavy atom. The molecular weight excluding hydrogens is 260 g/mol. The lowest BCUT2D eigenvalue weighted by Gasteiger charge is -2.38. The molecule has 1 atom stereocenters. The van der Waals surface area contributed by atoms with Gasteiger partial charge in [0, 0.05) is 6.42 Å². The third kappa shape index (κ3) is 5.46. The molecule has 0 fully saturated rings. The summed E-state index contributed by atoms with van der Waals surface area (Å²) in [4.78, 5) is 0. The van der Waals surface area contributed by atoms with Crippen LogP contribution in [0.1, 0.15) is 67.7 Å². The Balaban J connectivity index is 4.74. The highest BCUT2D eigenvalue weighted by Crippen LogP contribution is 2.40. The van der Waals surface area contributed by atoms with E-state index in [1.807, 2.05) is 19.1 Å². The van der Waals surface area contributed by atoms with Crippen molar-refractivity contribution in [2.24, 2.45) is 0 Å². The summed E-state index contributed by atoms with van der Waals surface area (Å²) in [5.41, 5.74) is 5.75. The highest BCUT2D eigenvalue weighted by atomic mass is 28.3. The van der Waals surface area contributed by atoms with Gasteiger partial charge in [-0.05, 0) is 36.4 Å². The molecule has 1 nitrogen and oxygen atoms in total. The Morgan fingerprint density at radius 1 is 1.00 bits per heavy atom. The van der Waals surface area contributed by atoms with E-state index in [1.54, 1.807) is 0 Å². The summed E-state index contributed by atoms with van der Waals surface area (Å²) in [6.07, 6.45) is 6.12. The summed E-state index contributed by atoms with van der Waals surface area (Å²) in [6.45, 7) is 16.0. The van der Waals surface area contributed by atoms with Crippen LogP contribution in [0.25, 0.3) is 0 Å². The second-order valence-electron chi connectivity index (χ2n) is 6.70. The quantitative estimate of drug-likeness (QED) is 0.383. The van der Waals surface area contributed by atoms with E-state index in [-0.39, 0.29) is 6.10 Å². The summed E-state index contributed by atoms with van der Waals surface area (Å²) < 4.78 is 0. The molecule has 0 radical (unpaired) electrons. The Kier molecular flexibility index (Phi) is 9.17. The summed E-state index contributed by atoms with van der Waals surface area (Å²) in [5, 5.41) is 9.83. The molecule has 0 aromatic rings. The molecule has 20 heavy (non-hydrogen) atoms. The van der Waals surface area contributed by atoms with Crippen LogP contribution in [0.3, 0.4) is 0 Å². The summed E-state index contributed by atoms with van der Waals surface area (Å²) in [6, 6.07) is 0. The number of hydrogen-bond acceptors (Lipinski definition) is 1. The van der Waals surface area contributed by atoms with Crippen LogP contribution in [0.2, 0.25) is 16.6 Å². The van der Waals surface area contributed by atoms with Crippen LogP contribution in [0.15, 0.2) is 12.2 Å². The third-order valence-corrected chi connectivity index (χ3v) is 10.8. The lowest BCUT2D eigenvalue weighted by Crippen LogP contribution is -2.43. The molecular formula is C18H34OSi. The molecule has 0 spiro atoms. The van der Waals surface area contributed by atoms with E-state index in [0.29, 0.717) is 16.6 Å². The van der Waals surface area contributed by atoms with Crippen LogP contribution in [-0.4, -0.2) is 19.3 Å². The number of hydrogen-bond donors (Lipinski definition) is 1. The first-order chi connectivity index (χ1) is 9.28. The standard InChI is InChI=1S/C18H34OSi/c1-8-9-12-18(19)13-10-11-14-20(15(2)3,16(4)5)17(6)7/h8-9,15-19H,10,12-13H2,1-7H3/b9-8-/t18-/m1/s1. The van der Waals surface area contributed by atoms with Gasteiger partial charge < -0.3 is 5.11 Å². The Morgan fingerprint density at radius 3 is 1.90 bits per heavy atom. The Bertz CT molecular complexity index is 322. The van der Waals surface area contributed by atoms with E-state index in [4.69, 9.17) is 0 Å². The Hall–Kier alpha value is -0.523. The van der Waals surface area contributed by atoms with Gasteiger partial charge in [0.1, 0.15) is 8.07 Å². The highest BCUT2D eigenvalue weighted by molar-refractivity contribution is 6.90. The second kappa shape index (κ2) is 9.42. The SMILES string of the molecule is C/C=C\C[C@@H](O)CCC#C[Si](C(C)C)(C(C)C)C(C)C. The van der Waals surface area contributed by atoms with Crippen LogP contribution in [0.4, 0.5) is 0 Å². The zero-order valence-electron chi connectivity index (χ0n) is 14.5. The van der Waals surface area contributed by atoms with Gasteiger partial charge in [-0.1, -0.05) is 53.7 Å². The first-order valence-corrected chi connectivity index (χ1v) is 10.3. The normalized spacial score (nSPS) is 14.2. The minimum atomic E-state index is -1.58. The fourth-order valence-corrected chi connectivity index (χ4v) is 8.60. The lowest BCUT2D eigenvalue weighted by molar-refractivity contribution is 0.169. The predicted octanol–water partition coefficient (Wildman–Crippen LogP) is 5.32. The van der Waals surface area contributed by atoms with Gasteiger partial charge in [-0.25, -0.2) is 0 Å². The van der Waals surface area contributed by atoms with Crippen molar-refractivity contribution in [3.8, 4) is 11.5 Å². The first-order valence-electron chi connectivity index (χ1n) is 8.08. The zero-order chi connectivity index (χ0) is 15.8. The third-order valence-electron chi connectivity index (χ3n) is 4.42. The molecule has 0 unspecified atom stereocenters.